The normalized spacial score (nSPS) is 20.0. The Hall–Kier alpha value is -0.300. The maximum Gasteiger partial charge on any atom is 0.00186 e. The lowest BCUT2D eigenvalue weighted by Gasteiger charge is -2.26. The Morgan fingerprint density at radius 1 is 1.14 bits per heavy atom. The van der Waals surface area contributed by atoms with Gasteiger partial charge in [-0.05, 0) is 45.2 Å². The molecule has 0 N–H and O–H groups in total. The van der Waals surface area contributed by atoms with Crippen molar-refractivity contribution in [2.75, 3.05) is 19.6 Å². The summed E-state index contributed by atoms with van der Waals surface area (Å²) >= 11 is 0. The van der Waals surface area contributed by atoms with Gasteiger partial charge >= 0.3 is 0 Å². The average molecular weight is 195 g/mol. The van der Waals surface area contributed by atoms with Gasteiger partial charge in [0.15, 0.2) is 0 Å². The van der Waals surface area contributed by atoms with Crippen molar-refractivity contribution in [1.29, 1.82) is 0 Å². The summed E-state index contributed by atoms with van der Waals surface area (Å²) < 4.78 is 0. The minimum absolute atomic E-state index is 1.20. The third-order valence-electron chi connectivity index (χ3n) is 3.14. The Kier molecular flexibility index (Phi) is 5.93. The molecule has 1 aliphatic heterocycles. The second-order valence-electron chi connectivity index (χ2n) is 4.28. The van der Waals surface area contributed by atoms with Crippen molar-refractivity contribution in [1.82, 2.24) is 4.90 Å². The molecule has 1 heteroatoms. The third-order valence-corrected chi connectivity index (χ3v) is 3.14. The fourth-order valence-electron chi connectivity index (χ4n) is 2.20. The number of piperidine rings is 1. The van der Waals surface area contributed by atoms with Crippen LogP contribution in [0.4, 0.5) is 0 Å². The first-order chi connectivity index (χ1) is 6.86. The van der Waals surface area contributed by atoms with Gasteiger partial charge in [-0.25, -0.2) is 0 Å². The zero-order chi connectivity index (χ0) is 10.2. The van der Waals surface area contributed by atoms with Crippen LogP contribution in [0.25, 0.3) is 0 Å². The SMILES string of the molecule is CC/C=C(\CC)CCN1CCCCC1. The van der Waals surface area contributed by atoms with E-state index in [2.05, 4.69) is 24.8 Å². The monoisotopic (exact) mass is 195 g/mol. The van der Waals surface area contributed by atoms with Gasteiger partial charge in [0, 0.05) is 6.54 Å². The third kappa shape index (κ3) is 4.28. The highest BCUT2D eigenvalue weighted by Gasteiger charge is 2.09. The largest absolute Gasteiger partial charge is 0.303 e. The van der Waals surface area contributed by atoms with E-state index in [0.717, 1.165) is 0 Å². The Morgan fingerprint density at radius 2 is 1.86 bits per heavy atom. The lowest BCUT2D eigenvalue weighted by atomic mass is 10.1. The number of nitrogens with zero attached hydrogens (tertiary/aromatic N) is 1. The molecule has 0 spiro atoms. The van der Waals surface area contributed by atoms with Crippen LogP contribution in [0.1, 0.15) is 52.4 Å². The predicted molar refractivity (Wildman–Crippen MR) is 63.6 cm³/mol. The molecule has 0 radical (unpaired) electrons. The van der Waals surface area contributed by atoms with E-state index < -0.39 is 0 Å². The van der Waals surface area contributed by atoms with Crippen LogP contribution in [0, 0.1) is 0 Å². The molecule has 0 aliphatic carbocycles. The molecule has 0 bridgehead atoms. The topological polar surface area (TPSA) is 3.24 Å². The number of likely N-dealkylation sites (tertiary alicyclic amines) is 1. The first kappa shape index (κ1) is 11.8. The lowest BCUT2D eigenvalue weighted by molar-refractivity contribution is 0.231. The number of hydrogen-bond donors (Lipinski definition) is 0. The molecule has 1 nitrogen and oxygen atoms in total. The molecular weight excluding hydrogens is 170 g/mol. The molecule has 0 amide bonds. The standard InChI is InChI=1S/C13H25N/c1-3-8-13(4-2)9-12-14-10-6-5-7-11-14/h8H,3-7,9-12H2,1-2H3/b13-8+. The molecule has 0 atom stereocenters. The fourth-order valence-corrected chi connectivity index (χ4v) is 2.20. The molecule has 0 aromatic carbocycles. The summed E-state index contributed by atoms with van der Waals surface area (Å²) in [4.78, 5) is 2.63. The summed E-state index contributed by atoms with van der Waals surface area (Å²) in [6, 6.07) is 0. The van der Waals surface area contributed by atoms with E-state index in [1.807, 2.05) is 0 Å². The second kappa shape index (κ2) is 7.05. The van der Waals surface area contributed by atoms with Crippen molar-refractivity contribution < 1.29 is 0 Å². The van der Waals surface area contributed by atoms with Crippen molar-refractivity contribution in [3.8, 4) is 0 Å². The molecule has 0 saturated carbocycles. The molecule has 0 unspecified atom stereocenters. The van der Waals surface area contributed by atoms with E-state index in [4.69, 9.17) is 0 Å². The summed E-state index contributed by atoms with van der Waals surface area (Å²) in [6.45, 7) is 8.47. The highest BCUT2D eigenvalue weighted by molar-refractivity contribution is 5.01. The van der Waals surface area contributed by atoms with E-state index >= 15 is 0 Å². The Bertz CT molecular complexity index is 166. The Balaban J connectivity index is 2.20. The maximum absolute atomic E-state index is 2.63. The molecule has 0 aromatic rings. The predicted octanol–water partition coefficient (Wildman–Crippen LogP) is 3.61. The van der Waals surface area contributed by atoms with E-state index in [-0.39, 0.29) is 0 Å². The number of hydrogen-bond acceptors (Lipinski definition) is 1. The quantitative estimate of drug-likeness (QED) is 0.606. The van der Waals surface area contributed by atoms with Gasteiger partial charge in [-0.1, -0.05) is 31.9 Å². The van der Waals surface area contributed by atoms with Crippen LogP contribution < -0.4 is 0 Å². The minimum Gasteiger partial charge on any atom is -0.303 e. The highest BCUT2D eigenvalue weighted by atomic mass is 15.1. The van der Waals surface area contributed by atoms with Gasteiger partial charge in [0.05, 0.1) is 0 Å². The van der Waals surface area contributed by atoms with Crippen molar-refractivity contribution in [3.05, 3.63) is 11.6 Å². The van der Waals surface area contributed by atoms with Crippen molar-refractivity contribution in [3.63, 3.8) is 0 Å². The first-order valence-corrected chi connectivity index (χ1v) is 6.27. The molecule has 0 aromatic heterocycles. The lowest BCUT2D eigenvalue weighted by Crippen LogP contribution is -2.30. The van der Waals surface area contributed by atoms with Gasteiger partial charge in [0.1, 0.15) is 0 Å². The van der Waals surface area contributed by atoms with E-state index in [1.165, 1.54) is 58.2 Å². The molecule has 1 heterocycles. The maximum atomic E-state index is 2.63. The van der Waals surface area contributed by atoms with Gasteiger partial charge in [0.2, 0.25) is 0 Å². The van der Waals surface area contributed by atoms with Crippen LogP contribution in [0.5, 0.6) is 0 Å². The van der Waals surface area contributed by atoms with Gasteiger partial charge in [-0.3, -0.25) is 0 Å². The highest BCUT2D eigenvalue weighted by Crippen LogP contribution is 2.13. The second-order valence-corrected chi connectivity index (χ2v) is 4.28. The molecular formula is C13H25N. The van der Waals surface area contributed by atoms with Crippen LogP contribution in [0.15, 0.2) is 11.6 Å². The molecule has 82 valence electrons. The molecule has 14 heavy (non-hydrogen) atoms. The van der Waals surface area contributed by atoms with E-state index in [1.54, 1.807) is 5.57 Å². The van der Waals surface area contributed by atoms with Crippen molar-refractivity contribution in [2.24, 2.45) is 0 Å². The van der Waals surface area contributed by atoms with Crippen molar-refractivity contribution >= 4 is 0 Å². The summed E-state index contributed by atoms with van der Waals surface area (Å²) in [6.07, 6.45) is 10.4. The number of rotatable bonds is 5. The van der Waals surface area contributed by atoms with Crippen LogP contribution in [-0.4, -0.2) is 24.5 Å². The van der Waals surface area contributed by atoms with Crippen LogP contribution in [0.2, 0.25) is 0 Å². The van der Waals surface area contributed by atoms with Gasteiger partial charge in [-0.15, -0.1) is 0 Å². The Labute approximate surface area is 89.2 Å². The summed E-state index contributed by atoms with van der Waals surface area (Å²) in [7, 11) is 0. The zero-order valence-electron chi connectivity index (χ0n) is 9.89. The van der Waals surface area contributed by atoms with Crippen LogP contribution in [-0.2, 0) is 0 Å². The smallest absolute Gasteiger partial charge is 0.00186 e. The van der Waals surface area contributed by atoms with Gasteiger partial charge < -0.3 is 4.90 Å². The van der Waals surface area contributed by atoms with E-state index in [0.29, 0.717) is 0 Å². The fraction of sp³-hybridized carbons (Fsp3) is 0.846. The summed E-state index contributed by atoms with van der Waals surface area (Å²) in [5.41, 5.74) is 1.65. The Morgan fingerprint density at radius 3 is 2.43 bits per heavy atom. The van der Waals surface area contributed by atoms with Crippen molar-refractivity contribution in [2.45, 2.75) is 52.4 Å². The summed E-state index contributed by atoms with van der Waals surface area (Å²) in [5.74, 6) is 0. The first-order valence-electron chi connectivity index (χ1n) is 6.27. The van der Waals surface area contributed by atoms with Crippen LogP contribution in [0.3, 0.4) is 0 Å². The molecule has 1 fully saturated rings. The van der Waals surface area contributed by atoms with Crippen LogP contribution >= 0.6 is 0 Å². The average Bonchev–Trinajstić information content (AvgIpc) is 2.25. The zero-order valence-corrected chi connectivity index (χ0v) is 9.89. The minimum atomic E-state index is 1.20. The summed E-state index contributed by atoms with van der Waals surface area (Å²) in [5, 5.41) is 0. The molecule has 1 aliphatic rings. The molecule has 1 rings (SSSR count). The van der Waals surface area contributed by atoms with Gasteiger partial charge in [0.25, 0.3) is 0 Å². The number of allylic oxidation sites excluding steroid dienone is 1. The van der Waals surface area contributed by atoms with Gasteiger partial charge in [-0.2, -0.15) is 0 Å². The molecule has 1 saturated heterocycles. The van der Waals surface area contributed by atoms with E-state index in [9.17, 15) is 0 Å².